The molecular formula is C20H19N7. The molecule has 1 saturated heterocycles. The van der Waals surface area contributed by atoms with Crippen molar-refractivity contribution >= 4 is 33.7 Å². The Morgan fingerprint density at radius 1 is 1.11 bits per heavy atom. The lowest BCUT2D eigenvalue weighted by Gasteiger charge is -2.14. The van der Waals surface area contributed by atoms with Crippen LogP contribution in [0.2, 0.25) is 0 Å². The lowest BCUT2D eigenvalue weighted by atomic mass is 10.2. The minimum atomic E-state index is 0.525. The van der Waals surface area contributed by atoms with Gasteiger partial charge in [-0.25, -0.2) is 9.97 Å². The van der Waals surface area contributed by atoms with Gasteiger partial charge in [0.1, 0.15) is 6.07 Å². The second-order valence-corrected chi connectivity index (χ2v) is 6.88. The minimum Gasteiger partial charge on any atom is -0.353 e. The summed E-state index contributed by atoms with van der Waals surface area (Å²) in [5.74, 6) is 0.602. The number of anilines is 1. The molecule has 5 rings (SSSR count). The van der Waals surface area contributed by atoms with Crippen molar-refractivity contribution in [1.29, 1.82) is 5.26 Å². The van der Waals surface area contributed by atoms with Crippen LogP contribution in [0.3, 0.4) is 0 Å². The van der Waals surface area contributed by atoms with Crippen molar-refractivity contribution in [2.45, 2.75) is 12.8 Å². The largest absolute Gasteiger partial charge is 0.353 e. The number of nitrogens with zero attached hydrogens (tertiary/aromatic N) is 6. The lowest BCUT2D eigenvalue weighted by molar-refractivity contribution is 0.352. The summed E-state index contributed by atoms with van der Waals surface area (Å²) in [7, 11) is 0. The molecule has 4 heterocycles. The number of benzene rings is 1. The quantitative estimate of drug-likeness (QED) is 0.605. The molecule has 7 nitrogen and oxygen atoms in total. The molecule has 0 atom stereocenters. The number of likely N-dealkylation sites (tertiary alicyclic amines) is 1. The highest BCUT2D eigenvalue weighted by molar-refractivity contribution is 5.91. The number of nitriles is 1. The fraction of sp³-hybridized carbons (Fsp3) is 0.300. The normalized spacial score (nSPS) is 14.9. The molecular weight excluding hydrogens is 338 g/mol. The van der Waals surface area contributed by atoms with Crippen LogP contribution in [0.5, 0.6) is 0 Å². The minimum absolute atomic E-state index is 0.525. The summed E-state index contributed by atoms with van der Waals surface area (Å²) in [6.07, 6.45) is 4.36. The van der Waals surface area contributed by atoms with Crippen LogP contribution >= 0.6 is 0 Å². The van der Waals surface area contributed by atoms with Gasteiger partial charge in [0, 0.05) is 24.7 Å². The Kier molecular flexibility index (Phi) is 3.84. The predicted molar refractivity (Wildman–Crippen MR) is 105 cm³/mol. The number of imidazole rings is 1. The molecule has 27 heavy (non-hydrogen) atoms. The Labute approximate surface area is 156 Å². The Bertz CT molecular complexity index is 1180. The van der Waals surface area contributed by atoms with E-state index in [1.807, 2.05) is 34.7 Å². The van der Waals surface area contributed by atoms with Crippen LogP contribution in [-0.4, -0.2) is 50.4 Å². The third-order valence-corrected chi connectivity index (χ3v) is 5.14. The van der Waals surface area contributed by atoms with Gasteiger partial charge in [-0.3, -0.25) is 4.40 Å². The molecule has 7 heteroatoms. The van der Waals surface area contributed by atoms with Gasteiger partial charge in [-0.2, -0.15) is 10.2 Å². The van der Waals surface area contributed by atoms with E-state index in [0.29, 0.717) is 17.2 Å². The summed E-state index contributed by atoms with van der Waals surface area (Å²) >= 11 is 0. The van der Waals surface area contributed by atoms with Crippen LogP contribution in [0.4, 0.5) is 5.95 Å². The summed E-state index contributed by atoms with van der Waals surface area (Å²) in [5, 5.41) is 13.7. The number of fused-ring (bicyclic) bond motifs is 5. The van der Waals surface area contributed by atoms with Gasteiger partial charge in [-0.15, -0.1) is 0 Å². The molecule has 1 fully saturated rings. The van der Waals surface area contributed by atoms with Crippen molar-refractivity contribution in [1.82, 2.24) is 24.3 Å². The van der Waals surface area contributed by atoms with Crippen molar-refractivity contribution in [2.24, 2.45) is 0 Å². The van der Waals surface area contributed by atoms with Gasteiger partial charge in [0.05, 0.1) is 16.6 Å². The molecule has 4 aromatic rings. The van der Waals surface area contributed by atoms with Gasteiger partial charge in [-0.05, 0) is 44.1 Å². The third kappa shape index (κ3) is 2.75. The van der Waals surface area contributed by atoms with Gasteiger partial charge in [0.25, 0.3) is 0 Å². The highest BCUT2D eigenvalue weighted by atomic mass is 15.2. The van der Waals surface area contributed by atoms with Crippen molar-refractivity contribution in [2.75, 3.05) is 31.5 Å². The highest BCUT2D eigenvalue weighted by Gasteiger charge is 2.15. The van der Waals surface area contributed by atoms with E-state index in [-0.39, 0.29) is 0 Å². The summed E-state index contributed by atoms with van der Waals surface area (Å²) < 4.78 is 1.95. The van der Waals surface area contributed by atoms with E-state index in [4.69, 9.17) is 4.98 Å². The van der Waals surface area contributed by atoms with E-state index in [1.54, 1.807) is 6.20 Å². The molecule has 0 aliphatic carbocycles. The highest BCUT2D eigenvalue weighted by Crippen LogP contribution is 2.25. The zero-order chi connectivity index (χ0) is 18.2. The smallest absolute Gasteiger partial charge is 0.224 e. The number of nitrogens with one attached hydrogen (secondary N) is 1. The second-order valence-electron chi connectivity index (χ2n) is 6.88. The van der Waals surface area contributed by atoms with Crippen LogP contribution < -0.4 is 5.32 Å². The van der Waals surface area contributed by atoms with E-state index in [0.717, 1.165) is 35.2 Å². The maximum Gasteiger partial charge on any atom is 0.224 e. The topological polar surface area (TPSA) is 82.1 Å². The van der Waals surface area contributed by atoms with Gasteiger partial charge in [0.2, 0.25) is 5.95 Å². The number of aromatic nitrogens is 4. The van der Waals surface area contributed by atoms with Crippen molar-refractivity contribution in [3.05, 3.63) is 42.1 Å². The van der Waals surface area contributed by atoms with Crippen molar-refractivity contribution in [3.63, 3.8) is 0 Å². The molecule has 1 N–H and O–H groups in total. The molecule has 0 amide bonds. The van der Waals surface area contributed by atoms with Crippen LogP contribution in [-0.2, 0) is 0 Å². The SMILES string of the molecule is N#Cc1cc2cnc(NCCN3CCCC3)nc2n2c1nc1ccccc12. The zero-order valence-corrected chi connectivity index (χ0v) is 14.9. The van der Waals surface area contributed by atoms with E-state index < -0.39 is 0 Å². The predicted octanol–water partition coefficient (Wildman–Crippen LogP) is 2.81. The monoisotopic (exact) mass is 357 g/mol. The Morgan fingerprint density at radius 3 is 2.81 bits per heavy atom. The number of para-hydroxylation sites is 2. The molecule has 1 aromatic carbocycles. The Balaban J connectivity index is 1.58. The molecule has 134 valence electrons. The van der Waals surface area contributed by atoms with Crippen molar-refractivity contribution < 1.29 is 0 Å². The average Bonchev–Trinajstić information content (AvgIpc) is 3.35. The van der Waals surface area contributed by atoms with E-state index in [2.05, 4.69) is 26.3 Å². The maximum atomic E-state index is 9.53. The molecule has 0 unspecified atom stereocenters. The summed E-state index contributed by atoms with van der Waals surface area (Å²) in [4.78, 5) is 16.3. The van der Waals surface area contributed by atoms with Gasteiger partial charge >= 0.3 is 0 Å². The van der Waals surface area contributed by atoms with Crippen LogP contribution in [0, 0.1) is 11.3 Å². The molecule has 0 spiro atoms. The fourth-order valence-corrected chi connectivity index (χ4v) is 3.80. The first-order valence-electron chi connectivity index (χ1n) is 9.27. The Hall–Kier alpha value is -3.24. The number of hydrogen-bond acceptors (Lipinski definition) is 6. The first-order chi connectivity index (χ1) is 13.3. The lowest BCUT2D eigenvalue weighted by Crippen LogP contribution is -2.26. The van der Waals surface area contributed by atoms with Gasteiger partial charge in [0.15, 0.2) is 11.3 Å². The average molecular weight is 357 g/mol. The molecule has 0 radical (unpaired) electrons. The van der Waals surface area contributed by atoms with Gasteiger partial charge < -0.3 is 10.2 Å². The number of pyridine rings is 1. The van der Waals surface area contributed by atoms with E-state index in [1.165, 1.54) is 25.9 Å². The summed E-state index contributed by atoms with van der Waals surface area (Å²) in [5.41, 5.74) is 3.71. The van der Waals surface area contributed by atoms with E-state index in [9.17, 15) is 5.26 Å². The van der Waals surface area contributed by atoms with Crippen LogP contribution in [0.1, 0.15) is 18.4 Å². The maximum absolute atomic E-state index is 9.53. The van der Waals surface area contributed by atoms with Gasteiger partial charge in [-0.1, -0.05) is 12.1 Å². The third-order valence-electron chi connectivity index (χ3n) is 5.14. The standard InChI is InChI=1S/C20H19N7/c21-12-14-11-15-13-23-20(22-7-10-26-8-3-4-9-26)25-19(15)27-17-6-2-1-5-16(17)24-18(14)27/h1-2,5-6,11,13H,3-4,7-10H2,(H,22,23,25). The summed E-state index contributed by atoms with van der Waals surface area (Å²) in [6, 6.07) is 11.9. The summed E-state index contributed by atoms with van der Waals surface area (Å²) in [6.45, 7) is 4.17. The molecule has 1 aliphatic heterocycles. The van der Waals surface area contributed by atoms with Crippen LogP contribution in [0.25, 0.3) is 27.7 Å². The second kappa shape index (κ2) is 6.49. The zero-order valence-electron chi connectivity index (χ0n) is 14.9. The molecule has 3 aromatic heterocycles. The van der Waals surface area contributed by atoms with Crippen molar-refractivity contribution in [3.8, 4) is 6.07 Å². The number of rotatable bonds is 4. The molecule has 1 aliphatic rings. The first kappa shape index (κ1) is 16.0. The van der Waals surface area contributed by atoms with E-state index >= 15 is 0 Å². The Morgan fingerprint density at radius 2 is 1.96 bits per heavy atom. The van der Waals surface area contributed by atoms with Crippen LogP contribution in [0.15, 0.2) is 36.5 Å². The molecule has 0 saturated carbocycles. The fourth-order valence-electron chi connectivity index (χ4n) is 3.80. The first-order valence-corrected chi connectivity index (χ1v) is 9.27. The number of hydrogen-bond donors (Lipinski definition) is 1. The molecule has 0 bridgehead atoms.